The van der Waals surface area contributed by atoms with Gasteiger partial charge in [-0.15, -0.1) is 9.94 Å². The van der Waals surface area contributed by atoms with E-state index in [1.54, 1.807) is 24.6 Å². The molecule has 2 rings (SSSR count). The van der Waals surface area contributed by atoms with E-state index in [9.17, 15) is 0 Å². The van der Waals surface area contributed by atoms with Crippen LogP contribution >= 0.6 is 11.9 Å². The Bertz CT molecular complexity index is 329. The molecule has 1 aliphatic heterocycles. The maximum absolute atomic E-state index is 9.11. The molecular formula is C6H5N3OS. The molecule has 0 saturated carbocycles. The first kappa shape index (κ1) is 6.48. The summed E-state index contributed by atoms with van der Waals surface area (Å²) in [4.78, 5) is 1.70. The summed E-state index contributed by atoms with van der Waals surface area (Å²) in [5.74, 6) is 0. The molecule has 0 bridgehead atoms. The SMILES string of the molecule is On1ncc2c1C=CC=NS2. The molecule has 1 aromatic rings. The third kappa shape index (κ3) is 1.03. The number of allylic oxidation sites excluding steroid dienone is 1. The van der Waals surface area contributed by atoms with Gasteiger partial charge in [0.1, 0.15) is 5.69 Å². The van der Waals surface area contributed by atoms with Crippen molar-refractivity contribution >= 4 is 24.2 Å². The average molecular weight is 167 g/mol. The zero-order valence-corrected chi connectivity index (χ0v) is 6.32. The second-order valence-corrected chi connectivity index (χ2v) is 2.82. The zero-order chi connectivity index (χ0) is 7.68. The minimum absolute atomic E-state index is 0.674. The highest BCUT2D eigenvalue weighted by atomic mass is 32.2. The maximum atomic E-state index is 9.11. The summed E-state index contributed by atoms with van der Waals surface area (Å²) in [6.45, 7) is 0. The van der Waals surface area contributed by atoms with Gasteiger partial charge in [-0.25, -0.2) is 4.40 Å². The predicted octanol–water partition coefficient (Wildman–Crippen LogP) is 1.23. The molecule has 0 aliphatic carbocycles. The van der Waals surface area contributed by atoms with Gasteiger partial charge in [0.15, 0.2) is 0 Å². The van der Waals surface area contributed by atoms with Crippen LogP contribution in [0.5, 0.6) is 0 Å². The molecule has 4 nitrogen and oxygen atoms in total. The lowest BCUT2D eigenvalue weighted by atomic mass is 10.4. The van der Waals surface area contributed by atoms with Gasteiger partial charge >= 0.3 is 0 Å². The van der Waals surface area contributed by atoms with Gasteiger partial charge < -0.3 is 5.21 Å². The summed E-state index contributed by atoms with van der Waals surface area (Å²) in [5.41, 5.74) is 0.674. The van der Waals surface area contributed by atoms with Gasteiger partial charge in [0.05, 0.1) is 11.1 Å². The van der Waals surface area contributed by atoms with Crippen molar-refractivity contribution in [2.45, 2.75) is 4.90 Å². The molecule has 0 amide bonds. The number of rotatable bonds is 0. The molecule has 11 heavy (non-hydrogen) atoms. The van der Waals surface area contributed by atoms with E-state index in [-0.39, 0.29) is 0 Å². The van der Waals surface area contributed by atoms with Gasteiger partial charge in [0.25, 0.3) is 0 Å². The van der Waals surface area contributed by atoms with E-state index >= 15 is 0 Å². The molecule has 2 heterocycles. The quantitative estimate of drug-likeness (QED) is 0.467. The fourth-order valence-corrected chi connectivity index (χ4v) is 1.39. The van der Waals surface area contributed by atoms with E-state index in [1.807, 2.05) is 0 Å². The van der Waals surface area contributed by atoms with Crippen LogP contribution in [-0.2, 0) is 0 Å². The maximum Gasteiger partial charge on any atom is 0.118 e. The summed E-state index contributed by atoms with van der Waals surface area (Å²) in [7, 11) is 0. The number of nitrogens with zero attached hydrogens (tertiary/aromatic N) is 3. The lowest BCUT2D eigenvalue weighted by Crippen LogP contribution is -1.94. The molecule has 0 radical (unpaired) electrons. The van der Waals surface area contributed by atoms with E-state index in [1.165, 1.54) is 11.9 Å². The molecule has 1 aliphatic rings. The van der Waals surface area contributed by atoms with Crippen molar-refractivity contribution in [2.75, 3.05) is 0 Å². The standard InChI is InChI=1S/C6H5N3OS/c10-9-5-2-1-3-8-11-6(5)4-7-9/h1-4,10H. The first-order chi connectivity index (χ1) is 5.38. The molecule has 0 atom stereocenters. The average Bonchev–Trinajstić information content (AvgIpc) is 2.25. The summed E-state index contributed by atoms with van der Waals surface area (Å²) in [6.07, 6.45) is 6.76. The van der Waals surface area contributed by atoms with Crippen LogP contribution in [0, 0.1) is 0 Å². The van der Waals surface area contributed by atoms with Crippen molar-refractivity contribution in [3.05, 3.63) is 18.0 Å². The first-order valence-corrected chi connectivity index (χ1v) is 3.79. The minimum Gasteiger partial charge on any atom is -0.411 e. The largest absolute Gasteiger partial charge is 0.411 e. The summed E-state index contributed by atoms with van der Waals surface area (Å²) < 4.78 is 3.97. The molecule has 1 N–H and O–H groups in total. The molecular weight excluding hydrogens is 162 g/mol. The minimum atomic E-state index is 0.674. The smallest absolute Gasteiger partial charge is 0.118 e. The van der Waals surface area contributed by atoms with Crippen molar-refractivity contribution in [3.8, 4) is 0 Å². The van der Waals surface area contributed by atoms with Crippen molar-refractivity contribution in [1.29, 1.82) is 0 Å². The van der Waals surface area contributed by atoms with Gasteiger partial charge in [-0.05, 0) is 12.2 Å². The number of hydrogen-bond donors (Lipinski definition) is 1. The van der Waals surface area contributed by atoms with Crippen LogP contribution in [-0.4, -0.2) is 21.4 Å². The Morgan fingerprint density at radius 3 is 3.36 bits per heavy atom. The second-order valence-electron chi connectivity index (χ2n) is 1.99. The first-order valence-electron chi connectivity index (χ1n) is 3.02. The van der Waals surface area contributed by atoms with Crippen molar-refractivity contribution in [3.63, 3.8) is 0 Å². The van der Waals surface area contributed by atoms with Crippen LogP contribution in [0.3, 0.4) is 0 Å². The fourth-order valence-electron chi connectivity index (χ4n) is 0.810. The molecule has 1 aromatic heterocycles. The molecule has 0 saturated heterocycles. The lowest BCUT2D eigenvalue weighted by molar-refractivity contribution is 0.146. The Morgan fingerprint density at radius 1 is 1.55 bits per heavy atom. The van der Waals surface area contributed by atoms with E-state index in [2.05, 4.69) is 9.50 Å². The number of fused-ring (bicyclic) bond motifs is 1. The van der Waals surface area contributed by atoms with Crippen molar-refractivity contribution in [2.24, 2.45) is 4.40 Å². The third-order valence-corrected chi connectivity index (χ3v) is 2.04. The Morgan fingerprint density at radius 2 is 2.45 bits per heavy atom. The topological polar surface area (TPSA) is 50.4 Å². The van der Waals surface area contributed by atoms with Crippen LogP contribution in [0.1, 0.15) is 5.69 Å². The third-order valence-electron chi connectivity index (χ3n) is 1.30. The Hall–Kier alpha value is -1.23. The Kier molecular flexibility index (Phi) is 1.43. The van der Waals surface area contributed by atoms with Crippen LogP contribution in [0.2, 0.25) is 0 Å². The summed E-state index contributed by atoms with van der Waals surface area (Å²) in [6, 6.07) is 0. The second kappa shape index (κ2) is 2.43. The van der Waals surface area contributed by atoms with Gasteiger partial charge in [-0.1, -0.05) is 0 Å². The molecule has 0 unspecified atom stereocenters. The zero-order valence-electron chi connectivity index (χ0n) is 5.51. The summed E-state index contributed by atoms with van der Waals surface area (Å²) >= 11 is 1.29. The molecule has 0 fully saturated rings. The van der Waals surface area contributed by atoms with E-state index in [0.717, 1.165) is 9.74 Å². The predicted molar refractivity (Wildman–Crippen MR) is 42.8 cm³/mol. The molecule has 5 heteroatoms. The van der Waals surface area contributed by atoms with Crippen LogP contribution in [0.4, 0.5) is 0 Å². The number of hydrogen-bond acceptors (Lipinski definition) is 4. The highest BCUT2D eigenvalue weighted by Gasteiger charge is 2.08. The number of aromatic nitrogens is 2. The molecule has 56 valence electrons. The van der Waals surface area contributed by atoms with E-state index < -0.39 is 0 Å². The van der Waals surface area contributed by atoms with Crippen LogP contribution in [0.15, 0.2) is 21.6 Å². The highest BCUT2D eigenvalue weighted by molar-refractivity contribution is 7.98. The van der Waals surface area contributed by atoms with Crippen molar-refractivity contribution in [1.82, 2.24) is 9.94 Å². The highest BCUT2D eigenvalue weighted by Crippen LogP contribution is 2.25. The molecule has 0 aromatic carbocycles. The molecule has 0 spiro atoms. The van der Waals surface area contributed by atoms with Gasteiger partial charge in [0, 0.05) is 18.2 Å². The van der Waals surface area contributed by atoms with E-state index in [0.29, 0.717) is 5.69 Å². The van der Waals surface area contributed by atoms with Gasteiger partial charge in [-0.3, -0.25) is 0 Å². The lowest BCUT2D eigenvalue weighted by Gasteiger charge is -1.91. The monoisotopic (exact) mass is 167 g/mol. The summed E-state index contributed by atoms with van der Waals surface area (Å²) in [5, 5.41) is 12.8. The Balaban J connectivity index is 2.55. The fraction of sp³-hybridized carbons (Fsp3) is 0. The van der Waals surface area contributed by atoms with Crippen LogP contribution < -0.4 is 0 Å². The Labute approximate surface area is 67.3 Å². The van der Waals surface area contributed by atoms with Crippen molar-refractivity contribution < 1.29 is 5.21 Å². The van der Waals surface area contributed by atoms with Gasteiger partial charge in [0.2, 0.25) is 0 Å². The van der Waals surface area contributed by atoms with Gasteiger partial charge in [-0.2, -0.15) is 0 Å². The van der Waals surface area contributed by atoms with Crippen LogP contribution in [0.25, 0.3) is 6.08 Å². The normalized spacial score (nSPS) is 14.5. The van der Waals surface area contributed by atoms with E-state index in [4.69, 9.17) is 5.21 Å².